The predicted molar refractivity (Wildman–Crippen MR) is 52.6 cm³/mol. The maximum absolute atomic E-state index is 4.30. The van der Waals surface area contributed by atoms with Crippen LogP contribution in [0.15, 0.2) is 6.20 Å². The normalized spacial score (nSPS) is 10.0. The Kier molecular flexibility index (Phi) is 2.69. The Hall–Kier alpha value is -1.05. The number of aromatic nitrogens is 1. The zero-order valence-electron chi connectivity index (χ0n) is 8.23. The fraction of sp³-hybridized carbons (Fsp3) is 0.500. The number of hydrogen-bond acceptors (Lipinski definition) is 2. The standard InChI is InChI=1S/C10H16N2/c1-5-11-10-8(3)7(2)6-12-9(10)4/h6,11H,5H2,1-4H3. The monoisotopic (exact) mass is 164 g/mol. The fourth-order valence-electron chi connectivity index (χ4n) is 1.26. The third-order valence-corrected chi connectivity index (χ3v) is 2.13. The number of hydrogen-bond donors (Lipinski definition) is 1. The lowest BCUT2D eigenvalue weighted by Gasteiger charge is -2.11. The van der Waals surface area contributed by atoms with Crippen molar-refractivity contribution in [3.63, 3.8) is 0 Å². The molecule has 0 saturated carbocycles. The van der Waals surface area contributed by atoms with Gasteiger partial charge in [0.1, 0.15) is 0 Å². The SMILES string of the molecule is CCNc1c(C)ncc(C)c1C. The molecule has 1 heterocycles. The largest absolute Gasteiger partial charge is 0.384 e. The first kappa shape index (κ1) is 9.04. The molecule has 0 amide bonds. The van der Waals surface area contributed by atoms with E-state index in [9.17, 15) is 0 Å². The van der Waals surface area contributed by atoms with Gasteiger partial charge in [0, 0.05) is 12.7 Å². The quantitative estimate of drug-likeness (QED) is 0.726. The topological polar surface area (TPSA) is 24.9 Å². The van der Waals surface area contributed by atoms with E-state index in [1.807, 2.05) is 13.1 Å². The molecule has 12 heavy (non-hydrogen) atoms. The summed E-state index contributed by atoms with van der Waals surface area (Å²) in [6.45, 7) is 9.29. The lowest BCUT2D eigenvalue weighted by atomic mass is 10.1. The van der Waals surface area contributed by atoms with Gasteiger partial charge in [-0.25, -0.2) is 0 Å². The van der Waals surface area contributed by atoms with Gasteiger partial charge >= 0.3 is 0 Å². The highest BCUT2D eigenvalue weighted by molar-refractivity contribution is 5.56. The molecule has 0 unspecified atom stereocenters. The van der Waals surface area contributed by atoms with E-state index >= 15 is 0 Å². The molecule has 0 radical (unpaired) electrons. The summed E-state index contributed by atoms with van der Waals surface area (Å²) in [7, 11) is 0. The highest BCUT2D eigenvalue weighted by atomic mass is 14.9. The van der Waals surface area contributed by atoms with Gasteiger partial charge in [0.15, 0.2) is 0 Å². The third kappa shape index (κ3) is 1.58. The highest BCUT2D eigenvalue weighted by Gasteiger charge is 2.03. The van der Waals surface area contributed by atoms with E-state index in [-0.39, 0.29) is 0 Å². The number of nitrogens with one attached hydrogen (secondary N) is 1. The Morgan fingerprint density at radius 3 is 2.58 bits per heavy atom. The molecule has 2 nitrogen and oxygen atoms in total. The van der Waals surface area contributed by atoms with Gasteiger partial charge in [-0.1, -0.05) is 0 Å². The summed E-state index contributed by atoms with van der Waals surface area (Å²) < 4.78 is 0. The van der Waals surface area contributed by atoms with Crippen LogP contribution in [0.4, 0.5) is 5.69 Å². The molecule has 1 rings (SSSR count). The molecule has 0 atom stereocenters. The molecule has 0 spiro atoms. The summed E-state index contributed by atoms with van der Waals surface area (Å²) in [6.07, 6.45) is 1.92. The van der Waals surface area contributed by atoms with Crippen molar-refractivity contribution in [3.8, 4) is 0 Å². The van der Waals surface area contributed by atoms with Crippen LogP contribution < -0.4 is 5.32 Å². The van der Waals surface area contributed by atoms with Gasteiger partial charge in [-0.2, -0.15) is 0 Å². The first-order valence-electron chi connectivity index (χ1n) is 4.33. The molecule has 1 aromatic heterocycles. The molecule has 0 aromatic carbocycles. The molecule has 0 bridgehead atoms. The lowest BCUT2D eigenvalue weighted by molar-refractivity contribution is 1.10. The summed E-state index contributed by atoms with van der Waals surface area (Å²) in [5.41, 5.74) is 4.83. The Labute approximate surface area is 74.0 Å². The molecule has 2 heteroatoms. The summed E-state index contributed by atoms with van der Waals surface area (Å²) in [6, 6.07) is 0. The van der Waals surface area contributed by atoms with E-state index < -0.39 is 0 Å². The minimum absolute atomic E-state index is 0.951. The minimum Gasteiger partial charge on any atom is -0.384 e. The molecule has 0 aliphatic rings. The van der Waals surface area contributed by atoms with Crippen LogP contribution >= 0.6 is 0 Å². The average Bonchev–Trinajstić information content (AvgIpc) is 2.06. The van der Waals surface area contributed by atoms with Crippen molar-refractivity contribution >= 4 is 5.69 Å². The molecule has 0 aliphatic carbocycles. The Morgan fingerprint density at radius 1 is 1.33 bits per heavy atom. The first-order chi connectivity index (χ1) is 5.66. The molecular formula is C10H16N2. The Morgan fingerprint density at radius 2 is 2.00 bits per heavy atom. The number of pyridine rings is 1. The summed E-state index contributed by atoms with van der Waals surface area (Å²) >= 11 is 0. The van der Waals surface area contributed by atoms with Crippen molar-refractivity contribution in [2.45, 2.75) is 27.7 Å². The van der Waals surface area contributed by atoms with Gasteiger partial charge in [-0.05, 0) is 38.8 Å². The summed E-state index contributed by atoms with van der Waals surface area (Å²) in [5.74, 6) is 0. The van der Waals surface area contributed by atoms with Crippen LogP contribution in [0.1, 0.15) is 23.7 Å². The van der Waals surface area contributed by atoms with Crippen LogP contribution in [0.5, 0.6) is 0 Å². The van der Waals surface area contributed by atoms with E-state index in [1.54, 1.807) is 0 Å². The van der Waals surface area contributed by atoms with Crippen molar-refractivity contribution in [1.29, 1.82) is 0 Å². The van der Waals surface area contributed by atoms with Crippen molar-refractivity contribution in [1.82, 2.24) is 4.98 Å². The molecule has 0 saturated heterocycles. The minimum atomic E-state index is 0.951. The van der Waals surface area contributed by atoms with Crippen molar-refractivity contribution in [3.05, 3.63) is 23.0 Å². The van der Waals surface area contributed by atoms with Crippen LogP contribution in [0.25, 0.3) is 0 Å². The number of rotatable bonds is 2. The zero-order valence-corrected chi connectivity index (χ0v) is 8.23. The second-order valence-corrected chi connectivity index (χ2v) is 3.06. The van der Waals surface area contributed by atoms with Crippen LogP contribution in [-0.4, -0.2) is 11.5 Å². The van der Waals surface area contributed by atoms with E-state index in [0.29, 0.717) is 0 Å². The second-order valence-electron chi connectivity index (χ2n) is 3.06. The molecule has 1 aromatic rings. The number of aryl methyl sites for hydroxylation is 2. The maximum atomic E-state index is 4.30. The van der Waals surface area contributed by atoms with Crippen LogP contribution in [-0.2, 0) is 0 Å². The molecule has 0 fully saturated rings. The molecule has 0 aliphatic heterocycles. The van der Waals surface area contributed by atoms with Crippen molar-refractivity contribution < 1.29 is 0 Å². The van der Waals surface area contributed by atoms with Gasteiger partial charge in [0.2, 0.25) is 0 Å². The number of anilines is 1. The zero-order chi connectivity index (χ0) is 9.14. The Bertz CT molecular complexity index is 279. The van der Waals surface area contributed by atoms with Crippen molar-refractivity contribution in [2.24, 2.45) is 0 Å². The average molecular weight is 164 g/mol. The molecular weight excluding hydrogens is 148 g/mol. The van der Waals surface area contributed by atoms with E-state index in [4.69, 9.17) is 0 Å². The van der Waals surface area contributed by atoms with Crippen LogP contribution in [0.2, 0.25) is 0 Å². The third-order valence-electron chi connectivity index (χ3n) is 2.13. The predicted octanol–water partition coefficient (Wildman–Crippen LogP) is 2.44. The first-order valence-corrected chi connectivity index (χ1v) is 4.33. The smallest absolute Gasteiger partial charge is 0.0606 e. The Balaban J connectivity index is 3.14. The molecule has 66 valence electrons. The summed E-state index contributed by atoms with van der Waals surface area (Å²) in [4.78, 5) is 4.30. The van der Waals surface area contributed by atoms with E-state index in [0.717, 1.165) is 12.2 Å². The van der Waals surface area contributed by atoms with Gasteiger partial charge in [-0.3, -0.25) is 4.98 Å². The van der Waals surface area contributed by atoms with Gasteiger partial charge in [0.25, 0.3) is 0 Å². The van der Waals surface area contributed by atoms with Crippen molar-refractivity contribution in [2.75, 3.05) is 11.9 Å². The van der Waals surface area contributed by atoms with Crippen LogP contribution in [0, 0.1) is 20.8 Å². The van der Waals surface area contributed by atoms with Gasteiger partial charge in [-0.15, -0.1) is 0 Å². The lowest BCUT2D eigenvalue weighted by Crippen LogP contribution is -2.03. The van der Waals surface area contributed by atoms with E-state index in [1.165, 1.54) is 16.8 Å². The van der Waals surface area contributed by atoms with Gasteiger partial charge in [0.05, 0.1) is 11.4 Å². The maximum Gasteiger partial charge on any atom is 0.0606 e. The highest BCUT2D eigenvalue weighted by Crippen LogP contribution is 2.20. The fourth-order valence-corrected chi connectivity index (χ4v) is 1.26. The number of nitrogens with zero attached hydrogens (tertiary/aromatic N) is 1. The summed E-state index contributed by atoms with van der Waals surface area (Å²) in [5, 5.41) is 3.32. The molecule has 1 N–H and O–H groups in total. The van der Waals surface area contributed by atoms with Gasteiger partial charge < -0.3 is 5.32 Å². The van der Waals surface area contributed by atoms with Crippen LogP contribution in [0.3, 0.4) is 0 Å². The van der Waals surface area contributed by atoms with E-state index in [2.05, 4.69) is 31.1 Å². The second kappa shape index (κ2) is 3.57.